The van der Waals surface area contributed by atoms with Crippen LogP contribution >= 0.6 is 11.6 Å². The molecule has 0 unspecified atom stereocenters. The maximum absolute atomic E-state index is 11.7. The Morgan fingerprint density at radius 2 is 0.946 bits per heavy atom. The molecule has 7 heteroatoms. The summed E-state index contributed by atoms with van der Waals surface area (Å²) < 4.78 is 0. The first-order chi connectivity index (χ1) is 16.2. The monoisotopic (exact) mass is 544 g/mol. The number of hydrogen-bond acceptors (Lipinski definition) is 4. The zero-order valence-corrected chi connectivity index (χ0v) is 26.8. The van der Waals surface area contributed by atoms with Crippen molar-refractivity contribution >= 4 is 28.7 Å². The highest BCUT2D eigenvalue weighted by Crippen LogP contribution is 2.55. The van der Waals surface area contributed by atoms with Gasteiger partial charge in [0.1, 0.15) is 0 Å². The molecule has 0 aromatic carbocycles. The van der Waals surface area contributed by atoms with Gasteiger partial charge in [0.15, 0.2) is 0 Å². The normalized spacial score (nSPS) is 24.0. The topological polar surface area (TPSA) is 109 Å². The minimum atomic E-state index is -0.646. The van der Waals surface area contributed by atoms with Crippen LogP contribution in [0.25, 0.3) is 0 Å². The summed E-state index contributed by atoms with van der Waals surface area (Å²) >= 11 is 5.41. The number of nitrogens with two attached hydrogens (primary N) is 1. The molecule has 6 nitrogen and oxygen atoms in total. The van der Waals surface area contributed by atoms with E-state index in [9.17, 15) is 14.4 Å². The SMILES string of the molecule is CC(C)N.CC(C)NC(=O)C1(C)CC(C)(C)C1.CC1(C)CC(C)(C(=O)Cl)C1.CC1(C)CC(C)(C(=O)O)C1. The van der Waals surface area contributed by atoms with Crippen LogP contribution in [-0.2, 0) is 14.4 Å². The predicted molar refractivity (Wildman–Crippen MR) is 154 cm³/mol. The van der Waals surface area contributed by atoms with Crippen LogP contribution in [0.15, 0.2) is 0 Å². The third kappa shape index (κ3) is 11.6. The number of amides is 1. The van der Waals surface area contributed by atoms with Crippen molar-refractivity contribution in [3.63, 3.8) is 0 Å². The fraction of sp³-hybridized carbons (Fsp3) is 0.900. The van der Waals surface area contributed by atoms with Crippen LogP contribution in [0.2, 0.25) is 0 Å². The summed E-state index contributed by atoms with van der Waals surface area (Å²) in [6.45, 7) is 26.7. The van der Waals surface area contributed by atoms with Crippen molar-refractivity contribution in [3.8, 4) is 0 Å². The van der Waals surface area contributed by atoms with E-state index in [1.807, 2.05) is 41.5 Å². The minimum absolute atomic E-state index is 0.103. The Bertz CT molecular complexity index is 748. The summed E-state index contributed by atoms with van der Waals surface area (Å²) in [6, 6.07) is 0.591. The van der Waals surface area contributed by atoms with Crippen LogP contribution in [-0.4, -0.2) is 34.3 Å². The van der Waals surface area contributed by atoms with Crippen LogP contribution in [0.5, 0.6) is 0 Å². The lowest BCUT2D eigenvalue weighted by molar-refractivity contribution is -0.161. The number of hydrogen-bond donors (Lipinski definition) is 3. The zero-order valence-electron chi connectivity index (χ0n) is 26.0. The molecule has 0 heterocycles. The van der Waals surface area contributed by atoms with Gasteiger partial charge in [-0.15, -0.1) is 0 Å². The molecule has 3 rings (SSSR count). The zero-order chi connectivity index (χ0) is 29.8. The molecule has 3 fully saturated rings. The maximum atomic E-state index is 11.7. The number of carbonyl (C=O) groups excluding carboxylic acids is 2. The van der Waals surface area contributed by atoms with Gasteiger partial charge >= 0.3 is 5.97 Å². The fourth-order valence-corrected chi connectivity index (χ4v) is 7.20. The van der Waals surface area contributed by atoms with Crippen LogP contribution in [0.4, 0.5) is 0 Å². The third-order valence-electron chi connectivity index (χ3n) is 7.17. The highest BCUT2D eigenvalue weighted by Gasteiger charge is 2.52. The third-order valence-corrected chi connectivity index (χ3v) is 7.63. The molecular formula is C30H57ClN2O4. The van der Waals surface area contributed by atoms with Crippen LogP contribution < -0.4 is 11.1 Å². The van der Waals surface area contributed by atoms with Crippen molar-refractivity contribution < 1.29 is 19.5 Å². The Balaban J connectivity index is 0.000000494. The second-order valence-electron chi connectivity index (χ2n) is 15.7. The molecule has 0 atom stereocenters. The van der Waals surface area contributed by atoms with E-state index in [0.29, 0.717) is 16.9 Å². The van der Waals surface area contributed by atoms with Crippen molar-refractivity contribution in [2.24, 2.45) is 38.2 Å². The van der Waals surface area contributed by atoms with Gasteiger partial charge in [0.05, 0.1) is 5.41 Å². The molecule has 0 radical (unpaired) electrons. The lowest BCUT2D eigenvalue weighted by atomic mass is 9.55. The second kappa shape index (κ2) is 12.4. The molecule has 3 aliphatic rings. The lowest BCUT2D eigenvalue weighted by Gasteiger charge is -2.50. The van der Waals surface area contributed by atoms with Gasteiger partial charge in [0.25, 0.3) is 0 Å². The Kier molecular flexibility index (Phi) is 12.0. The van der Waals surface area contributed by atoms with E-state index in [0.717, 1.165) is 38.5 Å². The quantitative estimate of drug-likeness (QED) is 0.325. The smallest absolute Gasteiger partial charge is 0.309 e. The Morgan fingerprint density at radius 1 is 0.676 bits per heavy atom. The van der Waals surface area contributed by atoms with E-state index in [1.165, 1.54) is 0 Å². The van der Waals surface area contributed by atoms with E-state index in [2.05, 4.69) is 53.8 Å². The lowest BCUT2D eigenvalue weighted by Crippen LogP contribution is -2.52. The van der Waals surface area contributed by atoms with Crippen molar-refractivity contribution in [2.45, 2.75) is 141 Å². The summed E-state index contributed by atoms with van der Waals surface area (Å²) in [4.78, 5) is 33.1. The average Bonchev–Trinajstić information content (AvgIpc) is 2.56. The molecule has 37 heavy (non-hydrogen) atoms. The largest absolute Gasteiger partial charge is 0.481 e. The van der Waals surface area contributed by atoms with E-state index in [1.54, 1.807) is 0 Å². The molecule has 0 aromatic rings. The summed E-state index contributed by atoms with van der Waals surface area (Å²) in [5.41, 5.74) is 5.32. The summed E-state index contributed by atoms with van der Waals surface area (Å²) in [5, 5.41) is 11.5. The van der Waals surface area contributed by atoms with Crippen LogP contribution in [0.1, 0.15) is 129 Å². The van der Waals surface area contributed by atoms with E-state index >= 15 is 0 Å². The molecule has 0 saturated heterocycles. The number of carboxylic acids is 1. The molecule has 0 aromatic heterocycles. The molecule has 218 valence electrons. The molecule has 0 spiro atoms. The number of nitrogens with one attached hydrogen (secondary N) is 1. The average molecular weight is 545 g/mol. The van der Waals surface area contributed by atoms with E-state index < -0.39 is 11.4 Å². The van der Waals surface area contributed by atoms with Gasteiger partial charge in [-0.05, 0) is 93.2 Å². The molecular weight excluding hydrogens is 488 g/mol. The molecule has 0 bridgehead atoms. The van der Waals surface area contributed by atoms with Crippen molar-refractivity contribution in [1.82, 2.24) is 5.32 Å². The summed E-state index contributed by atoms with van der Waals surface area (Å²) in [5.74, 6) is -0.423. The standard InChI is InChI=1S/C11H21NO.C8H13ClO.C8H14O2.C3H9N/c1-8(2)12-9(13)11(5)6-10(3,4)7-11;2*1-7(2)4-8(3,5-7)6(9)10;1-3(2)4/h8H,6-7H2,1-5H3,(H,12,13);4-5H2,1-3H3;4-5H2,1-3H3,(H,9,10);3H,4H2,1-2H3. The second-order valence-corrected chi connectivity index (χ2v) is 16.0. The molecule has 3 aliphatic carbocycles. The van der Waals surface area contributed by atoms with Crippen molar-refractivity contribution in [3.05, 3.63) is 0 Å². The van der Waals surface area contributed by atoms with Gasteiger partial charge in [0, 0.05) is 16.9 Å². The molecule has 3 saturated carbocycles. The van der Waals surface area contributed by atoms with Gasteiger partial charge in [-0.3, -0.25) is 14.4 Å². The summed E-state index contributed by atoms with van der Waals surface area (Å²) in [7, 11) is 0. The van der Waals surface area contributed by atoms with E-state index in [4.69, 9.17) is 22.4 Å². The number of halogens is 1. The first-order valence-corrected chi connectivity index (χ1v) is 14.1. The van der Waals surface area contributed by atoms with Gasteiger partial charge in [-0.2, -0.15) is 0 Å². The number of carboxylic acid groups (broad SMARTS) is 1. The predicted octanol–water partition coefficient (Wildman–Crippen LogP) is 7.17. The Morgan fingerprint density at radius 3 is 1.11 bits per heavy atom. The summed E-state index contributed by atoms with van der Waals surface area (Å²) in [6.07, 6.45) is 5.52. The fourth-order valence-electron chi connectivity index (χ4n) is 7.07. The van der Waals surface area contributed by atoms with E-state index in [-0.39, 0.29) is 33.4 Å². The number of aliphatic carboxylic acids is 1. The molecule has 4 N–H and O–H groups in total. The van der Waals surface area contributed by atoms with Gasteiger partial charge in [0.2, 0.25) is 11.1 Å². The van der Waals surface area contributed by atoms with Crippen molar-refractivity contribution in [1.29, 1.82) is 0 Å². The molecule has 0 aliphatic heterocycles. The minimum Gasteiger partial charge on any atom is -0.481 e. The highest BCUT2D eigenvalue weighted by molar-refractivity contribution is 6.64. The van der Waals surface area contributed by atoms with Gasteiger partial charge < -0.3 is 16.2 Å². The molecule has 1 amide bonds. The Hall–Kier alpha value is -1.14. The number of carbonyl (C=O) groups is 3. The first kappa shape index (κ1) is 35.9. The van der Waals surface area contributed by atoms with Gasteiger partial charge in [-0.25, -0.2) is 0 Å². The number of rotatable bonds is 4. The van der Waals surface area contributed by atoms with Crippen LogP contribution in [0, 0.1) is 32.5 Å². The van der Waals surface area contributed by atoms with Gasteiger partial charge in [-0.1, -0.05) is 69.2 Å². The Labute approximate surface area is 232 Å². The van der Waals surface area contributed by atoms with Crippen LogP contribution in [0.3, 0.4) is 0 Å². The highest BCUT2D eigenvalue weighted by atomic mass is 35.5. The maximum Gasteiger partial charge on any atom is 0.309 e. The van der Waals surface area contributed by atoms with Crippen molar-refractivity contribution in [2.75, 3.05) is 0 Å². The first-order valence-electron chi connectivity index (χ1n) is 13.7.